The van der Waals surface area contributed by atoms with Crippen LogP contribution in [-0.2, 0) is 4.79 Å². The summed E-state index contributed by atoms with van der Waals surface area (Å²) in [5.41, 5.74) is 2.49. The van der Waals surface area contributed by atoms with Crippen LogP contribution in [0.2, 0.25) is 5.02 Å². The van der Waals surface area contributed by atoms with Crippen LogP contribution in [0.3, 0.4) is 0 Å². The van der Waals surface area contributed by atoms with Crippen LogP contribution in [0.1, 0.15) is 18.9 Å². The van der Waals surface area contributed by atoms with Gasteiger partial charge in [0.05, 0.1) is 17.6 Å². The molecule has 0 unspecified atom stereocenters. The molecule has 0 atom stereocenters. The van der Waals surface area contributed by atoms with Gasteiger partial charge in [-0.2, -0.15) is 0 Å². The largest absolute Gasteiger partial charge is 0.326 e. The highest BCUT2D eigenvalue weighted by molar-refractivity contribution is 6.30. The summed E-state index contributed by atoms with van der Waals surface area (Å²) < 4.78 is 1.86. The van der Waals surface area contributed by atoms with E-state index in [2.05, 4.69) is 15.2 Å². The molecule has 1 aliphatic heterocycles. The standard InChI is InChI=1S/C20H21ClN4O2/c21-14-5-7-15(8-6-14)22-19(26)13-24-11-9-16(10-12-24)25-18-4-2-1-3-17(18)23-20(25)27/h1-8,16H,9-13H2,(H,22,26)(H,23,27). The van der Waals surface area contributed by atoms with Crippen LogP contribution in [0.25, 0.3) is 11.0 Å². The van der Waals surface area contributed by atoms with E-state index in [0.717, 1.165) is 42.7 Å². The third-order valence-corrected chi connectivity index (χ3v) is 5.29. The number of piperidine rings is 1. The first-order valence-electron chi connectivity index (χ1n) is 9.07. The summed E-state index contributed by atoms with van der Waals surface area (Å²) in [4.78, 5) is 29.6. The molecule has 2 aromatic carbocycles. The Morgan fingerprint density at radius 2 is 1.81 bits per heavy atom. The van der Waals surface area contributed by atoms with Gasteiger partial charge in [-0.15, -0.1) is 0 Å². The number of nitrogens with zero attached hydrogens (tertiary/aromatic N) is 2. The molecule has 3 aromatic rings. The number of likely N-dealkylation sites (tertiary alicyclic amines) is 1. The molecular weight excluding hydrogens is 364 g/mol. The summed E-state index contributed by atoms with van der Waals surface area (Å²) in [5.74, 6) is -0.0416. The normalized spacial score (nSPS) is 15.9. The van der Waals surface area contributed by atoms with Crippen LogP contribution < -0.4 is 11.0 Å². The maximum atomic E-state index is 12.3. The van der Waals surface area contributed by atoms with Gasteiger partial charge < -0.3 is 10.3 Å². The Balaban J connectivity index is 1.36. The quantitative estimate of drug-likeness (QED) is 0.725. The summed E-state index contributed by atoms with van der Waals surface area (Å²) in [7, 11) is 0. The lowest BCUT2D eigenvalue weighted by Crippen LogP contribution is -2.40. The number of carbonyl (C=O) groups is 1. The monoisotopic (exact) mass is 384 g/mol. The van der Waals surface area contributed by atoms with E-state index in [1.54, 1.807) is 24.3 Å². The van der Waals surface area contributed by atoms with Gasteiger partial charge in [0, 0.05) is 29.8 Å². The van der Waals surface area contributed by atoms with E-state index in [0.29, 0.717) is 11.6 Å². The molecule has 1 fully saturated rings. The molecule has 4 rings (SSSR count). The summed E-state index contributed by atoms with van der Waals surface area (Å²) in [6.07, 6.45) is 1.69. The number of aromatic amines is 1. The number of aromatic nitrogens is 2. The van der Waals surface area contributed by atoms with Crippen molar-refractivity contribution in [3.05, 3.63) is 64.0 Å². The summed E-state index contributed by atoms with van der Waals surface area (Å²) >= 11 is 5.86. The van der Waals surface area contributed by atoms with Crippen molar-refractivity contribution in [2.45, 2.75) is 18.9 Å². The second kappa shape index (κ2) is 7.58. The van der Waals surface area contributed by atoms with Crippen molar-refractivity contribution in [1.82, 2.24) is 14.5 Å². The third kappa shape index (κ3) is 3.91. The van der Waals surface area contributed by atoms with Gasteiger partial charge in [-0.1, -0.05) is 23.7 Å². The maximum absolute atomic E-state index is 12.3. The number of carbonyl (C=O) groups excluding carboxylic acids is 1. The Morgan fingerprint density at radius 1 is 1.11 bits per heavy atom. The highest BCUT2D eigenvalue weighted by Crippen LogP contribution is 2.24. The average Bonchev–Trinajstić information content (AvgIpc) is 3.00. The van der Waals surface area contributed by atoms with E-state index in [1.165, 1.54) is 0 Å². The number of halogens is 1. The number of para-hydroxylation sites is 2. The van der Waals surface area contributed by atoms with E-state index >= 15 is 0 Å². The van der Waals surface area contributed by atoms with Crippen LogP contribution in [0.15, 0.2) is 53.3 Å². The van der Waals surface area contributed by atoms with Gasteiger partial charge in [-0.3, -0.25) is 14.3 Å². The van der Waals surface area contributed by atoms with Crippen LogP contribution >= 0.6 is 11.6 Å². The fraction of sp³-hybridized carbons (Fsp3) is 0.300. The zero-order chi connectivity index (χ0) is 18.8. The fourth-order valence-electron chi connectivity index (χ4n) is 3.71. The SMILES string of the molecule is O=C(CN1CCC(n2c(=O)[nH]c3ccccc32)CC1)Nc1ccc(Cl)cc1. The number of anilines is 1. The first-order valence-corrected chi connectivity index (χ1v) is 9.45. The summed E-state index contributed by atoms with van der Waals surface area (Å²) in [6.45, 7) is 1.91. The number of rotatable bonds is 4. The van der Waals surface area contributed by atoms with Crippen LogP contribution in [0, 0.1) is 0 Å². The molecule has 0 radical (unpaired) electrons. The molecule has 0 bridgehead atoms. The number of benzene rings is 2. The minimum Gasteiger partial charge on any atom is -0.325 e. The van der Waals surface area contributed by atoms with E-state index in [4.69, 9.17) is 11.6 Å². The van der Waals surface area contributed by atoms with Crippen molar-refractivity contribution in [2.75, 3.05) is 25.0 Å². The lowest BCUT2D eigenvalue weighted by atomic mass is 10.0. The molecule has 27 heavy (non-hydrogen) atoms. The molecule has 7 heteroatoms. The molecule has 2 heterocycles. The van der Waals surface area contributed by atoms with Crippen molar-refractivity contribution in [3.8, 4) is 0 Å². The number of nitrogens with one attached hydrogen (secondary N) is 2. The van der Waals surface area contributed by atoms with E-state index < -0.39 is 0 Å². The molecule has 0 spiro atoms. The Bertz CT molecular complexity index is 1000. The van der Waals surface area contributed by atoms with Crippen LogP contribution in [0.5, 0.6) is 0 Å². The van der Waals surface area contributed by atoms with E-state index in [9.17, 15) is 9.59 Å². The zero-order valence-corrected chi connectivity index (χ0v) is 15.6. The molecule has 1 saturated heterocycles. The first-order chi connectivity index (χ1) is 13.1. The lowest BCUT2D eigenvalue weighted by Gasteiger charge is -2.32. The van der Waals surface area contributed by atoms with Gasteiger partial charge in [-0.25, -0.2) is 4.79 Å². The number of H-pyrrole nitrogens is 1. The minimum absolute atomic E-state index is 0.0416. The van der Waals surface area contributed by atoms with Gasteiger partial charge in [-0.05, 0) is 49.2 Å². The van der Waals surface area contributed by atoms with Crippen molar-refractivity contribution < 1.29 is 4.79 Å². The Hall–Kier alpha value is -2.57. The number of hydrogen-bond donors (Lipinski definition) is 2. The molecule has 0 aliphatic carbocycles. The molecule has 6 nitrogen and oxygen atoms in total. The predicted octanol–water partition coefficient (Wildman–Crippen LogP) is 3.26. The second-order valence-electron chi connectivity index (χ2n) is 6.88. The van der Waals surface area contributed by atoms with E-state index in [-0.39, 0.29) is 17.6 Å². The van der Waals surface area contributed by atoms with E-state index in [1.807, 2.05) is 28.8 Å². The molecule has 1 aliphatic rings. The highest BCUT2D eigenvalue weighted by Gasteiger charge is 2.24. The summed E-state index contributed by atoms with van der Waals surface area (Å²) in [6, 6.07) is 15.0. The zero-order valence-electron chi connectivity index (χ0n) is 14.8. The molecule has 0 saturated carbocycles. The van der Waals surface area contributed by atoms with Crippen molar-refractivity contribution in [3.63, 3.8) is 0 Å². The Labute approximate surface area is 161 Å². The van der Waals surface area contributed by atoms with Gasteiger partial charge in [0.15, 0.2) is 0 Å². The average molecular weight is 385 g/mol. The summed E-state index contributed by atoms with van der Waals surface area (Å²) in [5, 5.41) is 3.53. The molecular formula is C20H21ClN4O2. The van der Waals surface area contributed by atoms with Gasteiger partial charge in [0.25, 0.3) is 0 Å². The number of hydrogen-bond acceptors (Lipinski definition) is 3. The van der Waals surface area contributed by atoms with Crippen molar-refractivity contribution >= 4 is 34.2 Å². The molecule has 1 aromatic heterocycles. The van der Waals surface area contributed by atoms with Crippen LogP contribution in [-0.4, -0.2) is 40.0 Å². The highest BCUT2D eigenvalue weighted by atomic mass is 35.5. The third-order valence-electron chi connectivity index (χ3n) is 5.04. The number of fused-ring (bicyclic) bond motifs is 1. The smallest absolute Gasteiger partial charge is 0.325 e. The van der Waals surface area contributed by atoms with Gasteiger partial charge >= 0.3 is 5.69 Å². The van der Waals surface area contributed by atoms with Crippen molar-refractivity contribution in [1.29, 1.82) is 0 Å². The predicted molar refractivity (Wildman–Crippen MR) is 107 cm³/mol. The second-order valence-corrected chi connectivity index (χ2v) is 7.32. The number of imidazole rings is 1. The van der Waals surface area contributed by atoms with Gasteiger partial charge in [0.1, 0.15) is 0 Å². The molecule has 140 valence electrons. The number of amides is 1. The van der Waals surface area contributed by atoms with Crippen molar-refractivity contribution in [2.24, 2.45) is 0 Å². The Kier molecular flexibility index (Phi) is 5.01. The minimum atomic E-state index is -0.0601. The van der Waals surface area contributed by atoms with Gasteiger partial charge in [0.2, 0.25) is 5.91 Å². The molecule has 2 N–H and O–H groups in total. The Morgan fingerprint density at radius 3 is 2.56 bits per heavy atom. The first kappa shape index (κ1) is 17.8. The molecule has 1 amide bonds. The van der Waals surface area contributed by atoms with Crippen LogP contribution in [0.4, 0.5) is 5.69 Å². The fourth-order valence-corrected chi connectivity index (χ4v) is 3.84. The maximum Gasteiger partial charge on any atom is 0.326 e. The lowest BCUT2D eigenvalue weighted by molar-refractivity contribution is -0.117. The topological polar surface area (TPSA) is 70.1 Å².